The lowest BCUT2D eigenvalue weighted by Gasteiger charge is -2.36. The summed E-state index contributed by atoms with van der Waals surface area (Å²) < 4.78 is 39.6. The molecule has 2 fully saturated rings. The summed E-state index contributed by atoms with van der Waals surface area (Å²) >= 11 is 0. The minimum absolute atomic E-state index is 0.0776. The van der Waals surface area contributed by atoms with Crippen LogP contribution in [0.25, 0.3) is 6.08 Å². The number of alkyl halides is 1. The normalized spacial score (nSPS) is 30.1. The Labute approximate surface area is 241 Å². The first kappa shape index (κ1) is 31.0. The second kappa shape index (κ2) is 13.8. The minimum Gasteiger partial charge on any atom is -0.457 e. The van der Waals surface area contributed by atoms with E-state index < -0.39 is 36.3 Å². The van der Waals surface area contributed by atoms with Crippen molar-refractivity contribution in [3.05, 3.63) is 47.3 Å². The van der Waals surface area contributed by atoms with Gasteiger partial charge in [0, 0.05) is 37.8 Å². The van der Waals surface area contributed by atoms with Gasteiger partial charge in [-0.15, -0.1) is 0 Å². The number of aliphatic hydroxyl groups is 1. The number of piperazine rings is 1. The van der Waals surface area contributed by atoms with Gasteiger partial charge in [-0.05, 0) is 68.1 Å². The largest absolute Gasteiger partial charge is 0.457 e. The molecule has 8 nitrogen and oxygen atoms in total. The number of esters is 1. The summed E-state index contributed by atoms with van der Waals surface area (Å²) in [5, 5.41) is 10.5. The van der Waals surface area contributed by atoms with Crippen molar-refractivity contribution in [1.29, 1.82) is 0 Å². The van der Waals surface area contributed by atoms with Crippen molar-refractivity contribution < 1.29 is 33.0 Å². The molecule has 3 aliphatic rings. The summed E-state index contributed by atoms with van der Waals surface area (Å²) in [7, 11) is 2.02. The fraction of sp³-hybridized carbons (Fsp3) is 0.613. The van der Waals surface area contributed by atoms with E-state index in [-0.39, 0.29) is 37.4 Å². The Morgan fingerprint density at radius 1 is 1.10 bits per heavy atom. The van der Waals surface area contributed by atoms with Crippen LogP contribution >= 0.6 is 0 Å². The van der Waals surface area contributed by atoms with E-state index >= 15 is 0 Å². The van der Waals surface area contributed by atoms with Crippen molar-refractivity contribution in [2.75, 3.05) is 51.2 Å². The number of likely N-dealkylation sites (N-methyl/N-ethyl adjacent to an activating group) is 1. The van der Waals surface area contributed by atoms with E-state index in [1.807, 2.05) is 40.0 Å². The molecule has 0 saturated carbocycles. The van der Waals surface area contributed by atoms with Crippen LogP contribution in [-0.4, -0.2) is 97.8 Å². The van der Waals surface area contributed by atoms with Gasteiger partial charge in [-0.1, -0.05) is 26.0 Å². The lowest BCUT2D eigenvalue weighted by atomic mass is 9.91. The van der Waals surface area contributed by atoms with E-state index in [0.29, 0.717) is 42.8 Å². The Morgan fingerprint density at radius 3 is 2.49 bits per heavy atom. The fourth-order valence-electron chi connectivity index (χ4n) is 5.47. The molecule has 1 aromatic rings. The number of rotatable bonds is 4. The third-order valence-corrected chi connectivity index (χ3v) is 8.21. The van der Waals surface area contributed by atoms with Crippen LogP contribution in [0.15, 0.2) is 35.9 Å². The van der Waals surface area contributed by atoms with Crippen LogP contribution in [-0.2, 0) is 14.3 Å². The molecule has 1 N–H and O–H groups in total. The van der Waals surface area contributed by atoms with Crippen molar-refractivity contribution in [2.24, 2.45) is 11.8 Å². The van der Waals surface area contributed by atoms with E-state index in [0.717, 1.165) is 13.1 Å². The van der Waals surface area contributed by atoms with Gasteiger partial charge in [0.1, 0.15) is 24.2 Å². The zero-order valence-corrected chi connectivity index (χ0v) is 24.5. The smallest absolute Gasteiger partial charge is 0.410 e. The van der Waals surface area contributed by atoms with Gasteiger partial charge in [-0.2, -0.15) is 0 Å². The number of anilines is 1. The highest BCUT2D eigenvalue weighted by Crippen LogP contribution is 2.29. The molecule has 3 heterocycles. The maximum Gasteiger partial charge on any atom is 0.410 e. The summed E-state index contributed by atoms with van der Waals surface area (Å²) in [6, 6.07) is 4.55. The molecule has 3 aliphatic heterocycles. The molecule has 2 saturated heterocycles. The first-order valence-electron chi connectivity index (χ1n) is 14.6. The molecule has 0 radical (unpaired) electrons. The van der Waals surface area contributed by atoms with Gasteiger partial charge in [-0.3, -0.25) is 4.79 Å². The number of cyclic esters (lactones) is 1. The fourth-order valence-corrected chi connectivity index (χ4v) is 5.47. The first-order valence-corrected chi connectivity index (χ1v) is 14.6. The second-order valence-electron chi connectivity index (χ2n) is 11.8. The number of ether oxygens (including phenoxy) is 2. The average Bonchev–Trinajstić information content (AvgIpc) is 2.90. The van der Waals surface area contributed by atoms with E-state index in [4.69, 9.17) is 9.47 Å². The Balaban J connectivity index is 1.55. The third kappa shape index (κ3) is 8.52. The number of hydrogen-bond donors (Lipinski definition) is 1. The zero-order valence-electron chi connectivity index (χ0n) is 24.5. The maximum absolute atomic E-state index is 14.4. The number of benzene rings is 1. The van der Waals surface area contributed by atoms with Gasteiger partial charge in [0.15, 0.2) is 0 Å². The van der Waals surface area contributed by atoms with Gasteiger partial charge >= 0.3 is 12.1 Å². The predicted molar refractivity (Wildman–Crippen MR) is 154 cm³/mol. The van der Waals surface area contributed by atoms with Gasteiger partial charge in [0.25, 0.3) is 0 Å². The highest BCUT2D eigenvalue weighted by Gasteiger charge is 2.30. The summed E-state index contributed by atoms with van der Waals surface area (Å²) in [5.74, 6) is -1.34. The van der Waals surface area contributed by atoms with Gasteiger partial charge in [-0.25, -0.2) is 13.6 Å². The minimum atomic E-state index is -0.912. The van der Waals surface area contributed by atoms with Crippen molar-refractivity contribution >= 4 is 23.8 Å². The monoisotopic (exact) mass is 575 g/mol. The molecule has 226 valence electrons. The summed E-state index contributed by atoms with van der Waals surface area (Å²) in [4.78, 5) is 31.4. The van der Waals surface area contributed by atoms with Crippen LogP contribution in [0.4, 0.5) is 19.3 Å². The Bertz CT molecular complexity index is 1130. The molecule has 0 spiro atoms. The van der Waals surface area contributed by atoms with Crippen molar-refractivity contribution in [3.8, 4) is 0 Å². The van der Waals surface area contributed by atoms with Crippen LogP contribution in [0.2, 0.25) is 0 Å². The molecular weight excluding hydrogens is 532 g/mol. The molecule has 4 rings (SSSR count). The molecule has 0 aliphatic carbocycles. The summed E-state index contributed by atoms with van der Waals surface area (Å²) in [6.07, 6.45) is 2.92. The quantitative estimate of drug-likeness (QED) is 0.420. The lowest BCUT2D eigenvalue weighted by Crippen LogP contribution is -2.48. The molecular formula is C31H43F2N3O5. The number of carbonyl (C=O) groups is 2. The first-order chi connectivity index (χ1) is 19.5. The second-order valence-corrected chi connectivity index (χ2v) is 11.8. The van der Waals surface area contributed by atoms with E-state index in [1.165, 1.54) is 12.1 Å². The molecule has 41 heavy (non-hydrogen) atoms. The van der Waals surface area contributed by atoms with Crippen LogP contribution in [0.3, 0.4) is 0 Å². The molecule has 1 aromatic carbocycles. The highest BCUT2D eigenvalue weighted by atomic mass is 19.1. The van der Waals surface area contributed by atoms with Crippen molar-refractivity contribution in [1.82, 2.24) is 9.80 Å². The number of aliphatic hydroxyl groups excluding tert-OH is 1. The summed E-state index contributed by atoms with van der Waals surface area (Å²) in [5.41, 5.74) is 1.86. The van der Waals surface area contributed by atoms with E-state index in [1.54, 1.807) is 21.9 Å². The number of amides is 1. The topological polar surface area (TPSA) is 82.5 Å². The van der Waals surface area contributed by atoms with E-state index in [9.17, 15) is 23.5 Å². The van der Waals surface area contributed by atoms with Crippen LogP contribution in [0, 0.1) is 17.7 Å². The standard InChI is InChI=1S/C31H43F2N3O5/c1-20-5-7-27(37)17-29(38)41-30(21(2)6-8-28(20)40-31(39)35-11-9-34(4)10-12-35)22(3)13-23-14-24(32)16-26(15-23)36-18-25(33)19-36/h6,8,13-16,20-21,25,27-28,30,37H,5,7,9-12,17-19H2,1-4H3/b8-6+,22-13+/t20-,21-,27+,28+,30-/m0/s1. The molecule has 1 amide bonds. The lowest BCUT2D eigenvalue weighted by molar-refractivity contribution is -0.151. The number of nitrogens with zero attached hydrogens (tertiary/aromatic N) is 3. The molecule has 10 heteroatoms. The highest BCUT2D eigenvalue weighted by molar-refractivity contribution is 5.71. The summed E-state index contributed by atoms with van der Waals surface area (Å²) in [6.45, 7) is 8.92. The van der Waals surface area contributed by atoms with Crippen LogP contribution < -0.4 is 4.90 Å². The average molecular weight is 576 g/mol. The van der Waals surface area contributed by atoms with Crippen LogP contribution in [0.5, 0.6) is 0 Å². The Morgan fingerprint density at radius 2 is 1.80 bits per heavy atom. The number of hydrogen-bond acceptors (Lipinski definition) is 7. The van der Waals surface area contributed by atoms with Gasteiger partial charge < -0.3 is 29.3 Å². The van der Waals surface area contributed by atoms with Crippen molar-refractivity contribution in [3.63, 3.8) is 0 Å². The predicted octanol–water partition coefficient (Wildman–Crippen LogP) is 4.42. The molecule has 0 aromatic heterocycles. The Kier molecular flexibility index (Phi) is 10.4. The van der Waals surface area contributed by atoms with E-state index in [2.05, 4.69) is 4.90 Å². The van der Waals surface area contributed by atoms with Gasteiger partial charge in [0.2, 0.25) is 0 Å². The van der Waals surface area contributed by atoms with Crippen molar-refractivity contribution in [2.45, 2.75) is 64.5 Å². The SMILES string of the molecule is C/C(=C\c1cc(F)cc(N2CC(F)C2)c1)[C@H]1OC(=O)C[C@H](O)CC[C@H](C)[C@H](OC(=O)N2CCN(C)CC2)/C=C/[C@@H]1C. The van der Waals surface area contributed by atoms with Gasteiger partial charge in [0.05, 0.1) is 25.6 Å². The molecule has 0 bridgehead atoms. The molecule has 0 unspecified atom stereocenters. The molecule has 5 atom stereocenters. The zero-order chi connectivity index (χ0) is 29.7. The number of halogens is 2. The van der Waals surface area contributed by atoms with Crippen LogP contribution in [0.1, 0.15) is 45.6 Å². The maximum atomic E-state index is 14.4. The third-order valence-electron chi connectivity index (χ3n) is 8.21. The Hall–Kier alpha value is -2.98. The number of carbonyl (C=O) groups excluding carboxylic acids is 2.